The van der Waals surface area contributed by atoms with Crippen molar-refractivity contribution in [2.75, 3.05) is 13.4 Å². The monoisotopic (exact) mass is 387 g/mol. The van der Waals surface area contributed by atoms with Crippen molar-refractivity contribution in [1.29, 1.82) is 0 Å². The number of hydrogen-bond donors (Lipinski definition) is 1. The molecule has 2 aromatic carbocycles. The van der Waals surface area contributed by atoms with Crippen molar-refractivity contribution in [1.82, 2.24) is 5.32 Å². The van der Waals surface area contributed by atoms with Crippen molar-refractivity contribution < 1.29 is 19.0 Å². The lowest BCUT2D eigenvalue weighted by atomic mass is 10.2. The highest BCUT2D eigenvalue weighted by atomic mass is 35.5. The standard InChI is InChI=1S/C16H12Cl3NO4/c17-10-4-12(19)14(5-11(10)18)22-7-16(21)20-6-9-1-2-13-15(3-9)24-8-23-13/h1-5H,6-8H2,(H,20,21). The fourth-order valence-corrected chi connectivity index (χ4v) is 2.65. The van der Waals surface area contributed by atoms with E-state index in [1.807, 2.05) is 12.1 Å². The van der Waals surface area contributed by atoms with Crippen molar-refractivity contribution in [3.8, 4) is 17.2 Å². The van der Waals surface area contributed by atoms with Crippen LogP contribution in [0.1, 0.15) is 5.56 Å². The number of rotatable bonds is 5. The minimum atomic E-state index is -0.296. The van der Waals surface area contributed by atoms with Crippen molar-refractivity contribution in [2.24, 2.45) is 0 Å². The second kappa shape index (κ2) is 7.38. The van der Waals surface area contributed by atoms with Gasteiger partial charge in [0.15, 0.2) is 18.1 Å². The fraction of sp³-hybridized carbons (Fsp3) is 0.188. The summed E-state index contributed by atoms with van der Waals surface area (Å²) in [5.74, 6) is 1.36. The van der Waals surface area contributed by atoms with E-state index in [1.54, 1.807) is 6.07 Å². The second-order valence-electron chi connectivity index (χ2n) is 4.95. The van der Waals surface area contributed by atoms with E-state index in [1.165, 1.54) is 12.1 Å². The van der Waals surface area contributed by atoms with Crippen molar-refractivity contribution in [3.05, 3.63) is 51.0 Å². The summed E-state index contributed by atoms with van der Waals surface area (Å²) in [6.07, 6.45) is 0. The van der Waals surface area contributed by atoms with Crippen molar-refractivity contribution in [3.63, 3.8) is 0 Å². The first-order valence-corrected chi connectivity index (χ1v) is 8.09. The number of amides is 1. The van der Waals surface area contributed by atoms with Crippen LogP contribution in [0.25, 0.3) is 0 Å². The van der Waals surface area contributed by atoms with E-state index < -0.39 is 0 Å². The van der Waals surface area contributed by atoms with E-state index in [0.717, 1.165) is 5.56 Å². The molecule has 0 radical (unpaired) electrons. The molecular weight excluding hydrogens is 377 g/mol. The molecule has 1 heterocycles. The molecule has 0 unspecified atom stereocenters. The zero-order valence-corrected chi connectivity index (χ0v) is 14.5. The molecule has 1 N–H and O–H groups in total. The number of fused-ring (bicyclic) bond motifs is 1. The molecule has 8 heteroatoms. The first-order valence-electron chi connectivity index (χ1n) is 6.95. The minimum Gasteiger partial charge on any atom is -0.482 e. The Balaban J connectivity index is 1.52. The predicted molar refractivity (Wildman–Crippen MR) is 91.4 cm³/mol. The van der Waals surface area contributed by atoms with Crippen LogP contribution in [0.3, 0.4) is 0 Å². The number of hydrogen-bond acceptors (Lipinski definition) is 4. The van der Waals surface area contributed by atoms with Gasteiger partial charge >= 0.3 is 0 Å². The first kappa shape index (κ1) is 17.0. The highest BCUT2D eigenvalue weighted by Crippen LogP contribution is 2.34. The third-order valence-corrected chi connectivity index (χ3v) is 4.28. The molecule has 3 rings (SSSR count). The third-order valence-electron chi connectivity index (χ3n) is 3.26. The van der Waals surface area contributed by atoms with Gasteiger partial charge in [0.1, 0.15) is 5.75 Å². The SMILES string of the molecule is O=C(COc1cc(Cl)c(Cl)cc1Cl)NCc1ccc2c(c1)OCO2. The second-order valence-corrected chi connectivity index (χ2v) is 6.17. The highest BCUT2D eigenvalue weighted by molar-refractivity contribution is 6.43. The lowest BCUT2D eigenvalue weighted by Crippen LogP contribution is -2.28. The van der Waals surface area contributed by atoms with Crippen LogP contribution in [-0.4, -0.2) is 19.3 Å². The maximum Gasteiger partial charge on any atom is 0.258 e. The Morgan fingerprint density at radius 2 is 1.79 bits per heavy atom. The molecule has 0 aromatic heterocycles. The minimum absolute atomic E-state index is 0.192. The molecule has 1 aliphatic rings. The van der Waals surface area contributed by atoms with Crippen LogP contribution in [-0.2, 0) is 11.3 Å². The Morgan fingerprint density at radius 3 is 2.62 bits per heavy atom. The molecule has 24 heavy (non-hydrogen) atoms. The zero-order chi connectivity index (χ0) is 17.1. The molecule has 0 saturated carbocycles. The van der Waals surface area contributed by atoms with E-state index in [4.69, 9.17) is 49.0 Å². The maximum atomic E-state index is 11.9. The van der Waals surface area contributed by atoms with E-state index in [9.17, 15) is 4.79 Å². The van der Waals surface area contributed by atoms with Gasteiger partial charge in [0.05, 0.1) is 15.1 Å². The number of carbonyl (C=O) groups excluding carboxylic acids is 1. The lowest BCUT2D eigenvalue weighted by Gasteiger charge is -2.10. The lowest BCUT2D eigenvalue weighted by molar-refractivity contribution is -0.123. The van der Waals surface area contributed by atoms with Crippen molar-refractivity contribution >= 4 is 40.7 Å². The van der Waals surface area contributed by atoms with Gasteiger partial charge < -0.3 is 19.5 Å². The molecule has 2 aromatic rings. The molecule has 0 bridgehead atoms. The first-order chi connectivity index (χ1) is 11.5. The van der Waals surface area contributed by atoms with Gasteiger partial charge in [-0.2, -0.15) is 0 Å². The highest BCUT2D eigenvalue weighted by Gasteiger charge is 2.14. The van der Waals surface area contributed by atoms with Gasteiger partial charge in [0, 0.05) is 12.6 Å². The zero-order valence-electron chi connectivity index (χ0n) is 12.3. The Morgan fingerprint density at radius 1 is 1.04 bits per heavy atom. The number of carbonyl (C=O) groups is 1. The van der Waals surface area contributed by atoms with Gasteiger partial charge in [0.25, 0.3) is 5.91 Å². The number of halogens is 3. The quantitative estimate of drug-likeness (QED) is 0.785. The Kier molecular flexibility index (Phi) is 5.23. The van der Waals surface area contributed by atoms with Gasteiger partial charge in [-0.25, -0.2) is 0 Å². The van der Waals surface area contributed by atoms with Gasteiger partial charge in [-0.15, -0.1) is 0 Å². The van der Waals surface area contributed by atoms with Crippen LogP contribution >= 0.6 is 34.8 Å². The average Bonchev–Trinajstić information content (AvgIpc) is 3.02. The Labute approximate surface area is 153 Å². The summed E-state index contributed by atoms with van der Waals surface area (Å²) in [6, 6.07) is 8.40. The Hall–Kier alpha value is -1.82. The van der Waals surface area contributed by atoms with Crippen LogP contribution < -0.4 is 19.5 Å². The molecule has 1 amide bonds. The molecule has 0 fully saturated rings. The van der Waals surface area contributed by atoms with Crippen LogP contribution in [0, 0.1) is 0 Å². The number of benzene rings is 2. The third kappa shape index (κ3) is 3.98. The molecule has 0 saturated heterocycles. The van der Waals surface area contributed by atoms with Gasteiger partial charge in [0.2, 0.25) is 6.79 Å². The van der Waals surface area contributed by atoms with Crippen LogP contribution in [0.5, 0.6) is 17.2 Å². The largest absolute Gasteiger partial charge is 0.482 e. The summed E-state index contributed by atoms with van der Waals surface area (Å²) >= 11 is 17.7. The fourth-order valence-electron chi connectivity index (χ4n) is 2.06. The van der Waals surface area contributed by atoms with Gasteiger partial charge in [-0.1, -0.05) is 40.9 Å². The molecule has 0 aliphatic carbocycles. The van der Waals surface area contributed by atoms with E-state index >= 15 is 0 Å². The molecule has 126 valence electrons. The molecule has 0 atom stereocenters. The van der Waals surface area contributed by atoms with Gasteiger partial charge in [-0.3, -0.25) is 4.79 Å². The number of ether oxygens (including phenoxy) is 3. The topological polar surface area (TPSA) is 56.8 Å². The summed E-state index contributed by atoms with van der Waals surface area (Å²) in [6.45, 7) is 0.361. The van der Waals surface area contributed by atoms with E-state index in [-0.39, 0.29) is 24.3 Å². The number of nitrogens with one attached hydrogen (secondary N) is 1. The summed E-state index contributed by atoms with van der Waals surface area (Å²) < 4.78 is 15.9. The predicted octanol–water partition coefficient (Wildman–Crippen LogP) is 4.07. The normalized spacial score (nSPS) is 12.1. The van der Waals surface area contributed by atoms with Gasteiger partial charge in [-0.05, 0) is 23.8 Å². The Bertz CT molecular complexity index is 782. The molecule has 0 spiro atoms. The summed E-state index contributed by atoms with van der Waals surface area (Å²) in [5.41, 5.74) is 0.889. The summed E-state index contributed by atoms with van der Waals surface area (Å²) in [4.78, 5) is 11.9. The van der Waals surface area contributed by atoms with E-state index in [2.05, 4.69) is 5.32 Å². The average molecular weight is 389 g/mol. The van der Waals surface area contributed by atoms with Crippen LogP contribution in [0.15, 0.2) is 30.3 Å². The summed E-state index contributed by atoms with van der Waals surface area (Å²) in [5, 5.41) is 3.65. The molecule has 5 nitrogen and oxygen atoms in total. The van der Waals surface area contributed by atoms with Crippen molar-refractivity contribution in [2.45, 2.75) is 6.54 Å². The van der Waals surface area contributed by atoms with Crippen LogP contribution in [0.4, 0.5) is 0 Å². The van der Waals surface area contributed by atoms with E-state index in [0.29, 0.717) is 33.8 Å². The maximum absolute atomic E-state index is 11.9. The summed E-state index contributed by atoms with van der Waals surface area (Å²) in [7, 11) is 0. The smallest absolute Gasteiger partial charge is 0.258 e. The molecule has 1 aliphatic heterocycles. The molecular formula is C16H12Cl3NO4. The van der Waals surface area contributed by atoms with Crippen LogP contribution in [0.2, 0.25) is 15.1 Å².